The van der Waals surface area contributed by atoms with Crippen molar-refractivity contribution in [3.05, 3.63) is 95.7 Å². The van der Waals surface area contributed by atoms with Gasteiger partial charge < -0.3 is 10.2 Å². The molecule has 42 heavy (non-hydrogen) atoms. The van der Waals surface area contributed by atoms with Gasteiger partial charge in [0.2, 0.25) is 0 Å². The Morgan fingerprint density at radius 2 is 1.93 bits per heavy atom. The summed E-state index contributed by atoms with van der Waals surface area (Å²) in [6.07, 6.45) is 20.2. The third kappa shape index (κ3) is 6.46. The number of hydrogen-bond acceptors (Lipinski definition) is 5. The summed E-state index contributed by atoms with van der Waals surface area (Å²) in [6.45, 7) is 5.75. The number of rotatable bonds is 11. The molecule has 1 saturated carbocycles. The van der Waals surface area contributed by atoms with Crippen LogP contribution in [-0.4, -0.2) is 36.4 Å². The molecule has 1 aliphatic carbocycles. The predicted molar refractivity (Wildman–Crippen MR) is 167 cm³/mol. The van der Waals surface area contributed by atoms with Crippen LogP contribution < -0.4 is 10.7 Å². The highest BCUT2D eigenvalue weighted by atomic mass is 16.4. The van der Waals surface area contributed by atoms with Gasteiger partial charge in [-0.1, -0.05) is 36.3 Å². The second-order valence-electron chi connectivity index (χ2n) is 11.6. The van der Waals surface area contributed by atoms with E-state index in [0.717, 1.165) is 84.7 Å². The molecule has 7 heteroatoms. The number of allylic oxidation sites excluding steroid dienone is 1. The van der Waals surface area contributed by atoms with Crippen LogP contribution in [0.3, 0.4) is 0 Å². The van der Waals surface area contributed by atoms with E-state index in [0.29, 0.717) is 18.8 Å². The highest BCUT2D eigenvalue weighted by Gasteiger charge is 2.39. The van der Waals surface area contributed by atoms with E-state index in [-0.39, 0.29) is 5.75 Å². The zero-order chi connectivity index (χ0) is 29.5. The van der Waals surface area contributed by atoms with Crippen molar-refractivity contribution in [2.45, 2.75) is 77.0 Å². The van der Waals surface area contributed by atoms with Gasteiger partial charge >= 0.3 is 5.97 Å². The Morgan fingerprint density at radius 3 is 2.67 bits per heavy atom. The van der Waals surface area contributed by atoms with E-state index in [9.17, 15) is 15.0 Å². The number of phenols is 1. The summed E-state index contributed by atoms with van der Waals surface area (Å²) in [5.74, 6) is -0.124. The number of carbonyl (C=O) groups is 1. The van der Waals surface area contributed by atoms with Crippen LogP contribution in [0.4, 0.5) is 0 Å². The molecule has 0 amide bonds. The minimum absolute atomic E-state index is 0.280. The zero-order valence-corrected chi connectivity index (χ0v) is 24.4. The molecule has 0 saturated heterocycles. The lowest BCUT2D eigenvalue weighted by molar-refractivity contribution is -0.146. The number of carboxylic acids is 1. The normalized spacial score (nSPS) is 20.3. The van der Waals surface area contributed by atoms with Crippen LogP contribution in [0.15, 0.2) is 84.4 Å². The van der Waals surface area contributed by atoms with Gasteiger partial charge in [0, 0.05) is 24.5 Å². The van der Waals surface area contributed by atoms with Crippen molar-refractivity contribution in [2.75, 3.05) is 0 Å². The third-order valence-corrected chi connectivity index (χ3v) is 8.76. The average Bonchev–Trinajstić information content (AvgIpc) is 3.35. The first-order chi connectivity index (χ1) is 20.4. The van der Waals surface area contributed by atoms with Crippen molar-refractivity contribution >= 4 is 23.5 Å². The number of phenolic OH excluding ortho intramolecular Hbond substituents is 1. The SMILES string of the molecule is C=CCCC(CCCC1=NC(/C=C2/CCCCC2(C)C(=O)O)=c2ncn(-c3ccncc3)c2=CC1)c1ccc(O)cc1. The van der Waals surface area contributed by atoms with E-state index in [1.807, 2.05) is 49.7 Å². The van der Waals surface area contributed by atoms with Gasteiger partial charge in [-0.25, -0.2) is 4.98 Å². The molecule has 218 valence electrons. The van der Waals surface area contributed by atoms with Crippen LogP contribution in [-0.2, 0) is 4.79 Å². The van der Waals surface area contributed by atoms with Gasteiger partial charge in [-0.05, 0) is 100 Å². The zero-order valence-electron chi connectivity index (χ0n) is 24.4. The number of fused-ring (bicyclic) bond motifs is 1. The minimum atomic E-state index is -0.896. The summed E-state index contributed by atoms with van der Waals surface area (Å²) in [4.78, 5) is 26.5. The lowest BCUT2D eigenvalue weighted by Gasteiger charge is -2.32. The number of aromatic hydroxyl groups is 1. The van der Waals surface area contributed by atoms with Crippen molar-refractivity contribution in [1.29, 1.82) is 0 Å². The van der Waals surface area contributed by atoms with Crippen LogP contribution >= 0.6 is 0 Å². The molecule has 0 spiro atoms. The van der Waals surface area contributed by atoms with Gasteiger partial charge in [0.25, 0.3) is 0 Å². The van der Waals surface area contributed by atoms with Crippen molar-refractivity contribution in [2.24, 2.45) is 10.4 Å². The van der Waals surface area contributed by atoms with Gasteiger partial charge in [0.1, 0.15) is 17.4 Å². The van der Waals surface area contributed by atoms with Crippen LogP contribution in [0.25, 0.3) is 17.5 Å². The molecule has 3 aromatic rings. The molecule has 2 aromatic heterocycles. The molecule has 1 aromatic carbocycles. The van der Waals surface area contributed by atoms with Crippen molar-refractivity contribution in [1.82, 2.24) is 14.5 Å². The monoisotopic (exact) mass is 564 g/mol. The molecule has 3 heterocycles. The standard InChI is InChI=1S/C35H40N4O3/c1-3-4-8-25(26-12-15-30(40)16-13-26)9-7-11-28-14-17-32-33(37-24-39(32)29-18-21-36-22-19-29)31(38-28)23-27-10-5-6-20-35(27,2)34(41)42/h3,12-13,15-19,21-25,40H,1,4-11,14,20H2,2H3,(H,41,42)/b27-23-. The molecule has 0 radical (unpaired) electrons. The van der Waals surface area contributed by atoms with E-state index in [2.05, 4.69) is 22.2 Å². The Labute approximate surface area is 247 Å². The van der Waals surface area contributed by atoms with Crippen molar-refractivity contribution in [3.63, 3.8) is 0 Å². The Bertz CT molecular complexity index is 1600. The summed E-state index contributed by atoms with van der Waals surface area (Å²) in [5.41, 5.74) is 4.04. The number of hydrogen-bond donors (Lipinski definition) is 2. The topological polar surface area (TPSA) is 101 Å². The third-order valence-electron chi connectivity index (χ3n) is 8.76. The van der Waals surface area contributed by atoms with Crippen LogP contribution in [0.5, 0.6) is 5.75 Å². The molecule has 0 bridgehead atoms. The van der Waals surface area contributed by atoms with E-state index in [1.54, 1.807) is 24.5 Å². The fraction of sp³-hybridized carbons (Fsp3) is 0.371. The number of nitrogens with zero attached hydrogens (tertiary/aromatic N) is 4. The molecule has 2 aliphatic rings. The number of carboxylic acid groups (broad SMARTS) is 1. The molecule has 7 nitrogen and oxygen atoms in total. The fourth-order valence-corrected chi connectivity index (χ4v) is 6.17. The lowest BCUT2D eigenvalue weighted by atomic mass is 9.71. The molecule has 2 atom stereocenters. The minimum Gasteiger partial charge on any atom is -0.508 e. The Hall–Kier alpha value is -4.26. The fourth-order valence-electron chi connectivity index (χ4n) is 6.17. The molecule has 2 N–H and O–H groups in total. The lowest BCUT2D eigenvalue weighted by Crippen LogP contribution is -2.33. The maximum atomic E-state index is 12.4. The highest BCUT2D eigenvalue weighted by molar-refractivity contribution is 5.93. The Balaban J connectivity index is 1.48. The highest BCUT2D eigenvalue weighted by Crippen LogP contribution is 2.41. The Morgan fingerprint density at radius 1 is 1.14 bits per heavy atom. The quantitative estimate of drug-likeness (QED) is 0.269. The summed E-state index contributed by atoms with van der Waals surface area (Å²) < 4.78 is 2.06. The summed E-state index contributed by atoms with van der Waals surface area (Å²) >= 11 is 0. The second-order valence-corrected chi connectivity index (χ2v) is 11.6. The predicted octanol–water partition coefficient (Wildman–Crippen LogP) is 6.22. The van der Waals surface area contributed by atoms with Gasteiger partial charge in [0.05, 0.1) is 22.1 Å². The smallest absolute Gasteiger partial charge is 0.313 e. The van der Waals surface area contributed by atoms with Crippen molar-refractivity contribution in [3.8, 4) is 11.4 Å². The number of benzene rings is 1. The summed E-state index contributed by atoms with van der Waals surface area (Å²) in [6, 6.07) is 11.5. The van der Waals surface area contributed by atoms with Crippen LogP contribution in [0, 0.1) is 5.41 Å². The first-order valence-corrected chi connectivity index (χ1v) is 15.0. The second kappa shape index (κ2) is 13.1. The first kappa shape index (κ1) is 29.2. The Kier molecular flexibility index (Phi) is 9.15. The molecule has 1 fully saturated rings. The van der Waals surface area contributed by atoms with Gasteiger partial charge in [-0.2, -0.15) is 0 Å². The number of aliphatic imine (C=N–C) groups is 1. The summed E-state index contributed by atoms with van der Waals surface area (Å²) in [7, 11) is 0. The molecule has 1 aliphatic heterocycles. The van der Waals surface area contributed by atoms with E-state index in [1.165, 1.54) is 5.56 Å². The van der Waals surface area contributed by atoms with Gasteiger partial charge in [-0.3, -0.25) is 19.3 Å². The van der Waals surface area contributed by atoms with E-state index in [4.69, 9.17) is 9.98 Å². The van der Waals surface area contributed by atoms with Crippen LogP contribution in [0.1, 0.15) is 82.6 Å². The van der Waals surface area contributed by atoms with Crippen molar-refractivity contribution < 1.29 is 15.0 Å². The molecular formula is C35H40N4O3. The molecule has 2 unspecified atom stereocenters. The largest absolute Gasteiger partial charge is 0.508 e. The van der Waals surface area contributed by atoms with Gasteiger partial charge in [0.15, 0.2) is 0 Å². The first-order valence-electron chi connectivity index (χ1n) is 15.0. The average molecular weight is 565 g/mol. The molecular weight excluding hydrogens is 524 g/mol. The van der Waals surface area contributed by atoms with Gasteiger partial charge in [-0.15, -0.1) is 6.58 Å². The van der Waals surface area contributed by atoms with E-state index >= 15 is 0 Å². The van der Waals surface area contributed by atoms with Crippen LogP contribution in [0.2, 0.25) is 0 Å². The number of aliphatic carboxylic acids is 1. The summed E-state index contributed by atoms with van der Waals surface area (Å²) in [5, 5.41) is 21.7. The number of aromatic nitrogens is 3. The van der Waals surface area contributed by atoms with E-state index < -0.39 is 11.4 Å². The number of imidazole rings is 1. The molecule has 5 rings (SSSR count). The number of pyridine rings is 1. The maximum Gasteiger partial charge on any atom is 0.313 e. The maximum absolute atomic E-state index is 12.4.